The summed E-state index contributed by atoms with van der Waals surface area (Å²) in [4.78, 5) is 43.9. The van der Waals surface area contributed by atoms with Crippen LogP contribution in [0.25, 0.3) is 12.2 Å². The van der Waals surface area contributed by atoms with Crippen LogP contribution in [0.3, 0.4) is 0 Å². The predicted molar refractivity (Wildman–Crippen MR) is 242 cm³/mol. The molecule has 5 aromatic rings. The van der Waals surface area contributed by atoms with Crippen molar-refractivity contribution in [3.63, 3.8) is 0 Å². The van der Waals surface area contributed by atoms with Crippen molar-refractivity contribution in [2.75, 3.05) is 25.5 Å². The number of sulfonamides is 1. The highest BCUT2D eigenvalue weighted by molar-refractivity contribution is 7.92. The molecule has 8 N–H and O–H groups in total. The Hall–Kier alpha value is -6.22. The maximum Gasteiger partial charge on any atom is 0.261 e. The summed E-state index contributed by atoms with van der Waals surface area (Å²) in [5.74, 6) is -3.17. The van der Waals surface area contributed by atoms with Gasteiger partial charge in [0.25, 0.3) is 10.0 Å². The molecule has 0 amide bonds. The molecule has 1 fully saturated rings. The molecule has 66 heavy (non-hydrogen) atoms. The Morgan fingerprint density at radius 3 is 2.26 bits per heavy atom. The summed E-state index contributed by atoms with van der Waals surface area (Å²) in [6.45, 7) is 0.560. The van der Waals surface area contributed by atoms with Crippen LogP contribution in [0.1, 0.15) is 80.0 Å². The van der Waals surface area contributed by atoms with Gasteiger partial charge in [0, 0.05) is 54.4 Å². The number of nitrogens with one attached hydrogen (secondary N) is 1. The second-order valence-corrected chi connectivity index (χ2v) is 17.3. The van der Waals surface area contributed by atoms with Crippen LogP contribution in [0.4, 0.5) is 5.69 Å². The third-order valence-electron chi connectivity index (χ3n) is 11.5. The number of carbonyl (C=O) groups is 3. The smallest absolute Gasteiger partial charge is 0.261 e. The average molecular weight is 946 g/mol. The minimum atomic E-state index is -3.69. The Balaban J connectivity index is 0.000000233. The van der Waals surface area contributed by atoms with Gasteiger partial charge in [0.05, 0.1) is 59.8 Å². The molecule has 0 bridgehead atoms. The van der Waals surface area contributed by atoms with Crippen LogP contribution in [0.2, 0.25) is 0 Å². The van der Waals surface area contributed by atoms with E-state index in [9.17, 15) is 48.3 Å². The lowest BCUT2D eigenvalue weighted by Gasteiger charge is -2.42. The van der Waals surface area contributed by atoms with Crippen molar-refractivity contribution in [1.29, 1.82) is 0 Å². The number of aliphatic hydroxyl groups excluding tert-OH is 2. The highest BCUT2D eigenvalue weighted by atomic mass is 35.5. The molecule has 3 aliphatic rings. The fraction of sp³-hybridized carbons (Fsp3) is 0.277. The van der Waals surface area contributed by atoms with Gasteiger partial charge in [0.2, 0.25) is 5.78 Å². The number of halogens is 1. The van der Waals surface area contributed by atoms with Crippen molar-refractivity contribution >= 4 is 57.6 Å². The van der Waals surface area contributed by atoms with Gasteiger partial charge >= 0.3 is 0 Å². The number of ketones is 3. The Morgan fingerprint density at radius 1 is 0.924 bits per heavy atom. The minimum absolute atomic E-state index is 0. The van der Waals surface area contributed by atoms with E-state index >= 15 is 0 Å². The normalized spacial score (nSPS) is 22.1. The van der Waals surface area contributed by atoms with Gasteiger partial charge in [0.1, 0.15) is 35.2 Å². The van der Waals surface area contributed by atoms with E-state index in [2.05, 4.69) is 9.71 Å². The molecule has 1 aromatic heterocycles. The average Bonchev–Trinajstić information content (AvgIpc) is 3.30. The number of rotatable bonds is 11. The lowest BCUT2D eigenvalue weighted by atomic mass is 9.72. The Morgan fingerprint density at radius 2 is 1.61 bits per heavy atom. The summed E-state index contributed by atoms with van der Waals surface area (Å²) in [6.07, 6.45) is 2.06. The van der Waals surface area contributed by atoms with E-state index < -0.39 is 106 Å². The number of aromatic nitrogens is 1. The van der Waals surface area contributed by atoms with Crippen molar-refractivity contribution in [2.45, 2.75) is 67.3 Å². The lowest BCUT2D eigenvalue weighted by molar-refractivity contribution is -0.247. The quantitative estimate of drug-likeness (QED) is 0.0882. The van der Waals surface area contributed by atoms with Crippen LogP contribution in [-0.2, 0) is 30.7 Å². The van der Waals surface area contributed by atoms with Crippen molar-refractivity contribution in [1.82, 2.24) is 4.98 Å². The van der Waals surface area contributed by atoms with Crippen molar-refractivity contribution in [2.24, 2.45) is 5.73 Å². The molecular formula is C47H48ClN3O14S. The van der Waals surface area contributed by atoms with Gasteiger partial charge < -0.3 is 50.2 Å². The van der Waals surface area contributed by atoms with Crippen LogP contribution < -0.4 is 19.9 Å². The molecule has 0 radical (unpaired) electrons. The van der Waals surface area contributed by atoms with Gasteiger partial charge in [-0.3, -0.25) is 24.1 Å². The summed E-state index contributed by atoms with van der Waals surface area (Å²) in [7, 11) is -0.836. The number of benzene rings is 4. The van der Waals surface area contributed by atoms with E-state index in [0.717, 1.165) is 11.1 Å². The summed E-state index contributed by atoms with van der Waals surface area (Å²) in [6, 6.07) is 20.9. The highest BCUT2D eigenvalue weighted by Crippen LogP contribution is 2.52. The molecular weight excluding hydrogens is 898 g/mol. The van der Waals surface area contributed by atoms with E-state index in [1.807, 2.05) is 36.4 Å². The molecule has 17 nitrogen and oxygen atoms in total. The van der Waals surface area contributed by atoms with E-state index in [1.54, 1.807) is 43.6 Å². The van der Waals surface area contributed by atoms with Gasteiger partial charge in [-0.15, -0.1) is 12.4 Å². The van der Waals surface area contributed by atoms with E-state index in [4.69, 9.17) is 24.7 Å². The molecule has 2 heterocycles. The number of nitrogens with two attached hydrogens (primary N) is 1. The zero-order valence-corrected chi connectivity index (χ0v) is 37.4. The number of phenols is 2. The fourth-order valence-corrected chi connectivity index (χ4v) is 9.19. The largest absolute Gasteiger partial charge is 0.507 e. The number of fused-ring (bicyclic) bond motifs is 3. The lowest BCUT2D eigenvalue weighted by Crippen LogP contribution is -2.53. The Bertz CT molecular complexity index is 2760. The van der Waals surface area contributed by atoms with Gasteiger partial charge in [-0.25, -0.2) is 8.42 Å². The maximum absolute atomic E-state index is 13.6. The second kappa shape index (κ2) is 20.1. The number of aromatic hydroxyl groups is 2. The summed E-state index contributed by atoms with van der Waals surface area (Å²) < 4.78 is 50.0. The first-order valence-electron chi connectivity index (χ1n) is 20.3. The van der Waals surface area contributed by atoms with Crippen molar-refractivity contribution in [3.8, 4) is 23.0 Å². The van der Waals surface area contributed by atoms with Gasteiger partial charge in [-0.1, -0.05) is 42.5 Å². The third kappa shape index (κ3) is 9.67. The number of pyridine rings is 1. The first-order chi connectivity index (χ1) is 31.0. The molecule has 0 unspecified atom stereocenters. The molecule has 6 atom stereocenters. The number of hydrogen-bond donors (Lipinski definition) is 7. The first kappa shape index (κ1) is 49.2. The number of para-hydroxylation sites is 1. The topological polar surface area (TPSA) is 274 Å². The SMILES string of the molecule is COc1ccc(S(=O)(=O)Nc2ccccc2/C=C/c2ccncc2)cc1.COc1cccc2c1C(=O)c1c(O)c3c(c(O)c1C2=O)C[C@@](O)(C(=O)CO)C[C@@H]3O[C@H]1C[C@H](N)[C@H](O)[C@H](C)O1.Cl. The van der Waals surface area contributed by atoms with Gasteiger partial charge in [0.15, 0.2) is 17.9 Å². The fourth-order valence-electron chi connectivity index (χ4n) is 8.10. The number of Topliss-reactive ketones (excluding diaryl/α,β-unsaturated/α-hetero) is 1. The zero-order chi connectivity index (χ0) is 46.8. The number of aliphatic hydroxyl groups is 3. The molecule has 0 spiro atoms. The van der Waals surface area contributed by atoms with Crippen molar-refractivity contribution in [3.05, 3.63) is 136 Å². The molecule has 4 aromatic carbocycles. The number of anilines is 1. The Labute approximate surface area is 385 Å². The van der Waals surface area contributed by atoms with E-state index in [0.29, 0.717) is 11.4 Å². The molecule has 19 heteroatoms. The highest BCUT2D eigenvalue weighted by Gasteiger charge is 2.50. The number of ether oxygens (including phenoxy) is 4. The number of phenolic OH excluding ortho intramolecular Hbond substituents is 2. The first-order valence-corrected chi connectivity index (χ1v) is 21.8. The molecule has 0 saturated carbocycles. The molecule has 2 aliphatic carbocycles. The van der Waals surface area contributed by atoms with E-state index in [-0.39, 0.29) is 51.7 Å². The van der Waals surface area contributed by atoms with Crippen LogP contribution >= 0.6 is 12.4 Å². The number of methoxy groups -OCH3 is 2. The van der Waals surface area contributed by atoms with Crippen LogP contribution in [0, 0.1) is 0 Å². The molecule has 1 saturated heterocycles. The monoisotopic (exact) mass is 945 g/mol. The van der Waals surface area contributed by atoms with Crippen LogP contribution in [0.15, 0.2) is 96.2 Å². The standard InChI is InChI=1S/C27H29NO11.C20H18N2O3S.ClH/c1-10-22(31)13(28)6-17(38-10)39-15-8-27(36,16(30)9-29)7-12-19(15)26(35)21-20(24(12)33)23(32)11-4-3-5-14(37-2)18(11)25(21)34;1-25-18-8-10-19(11-9-18)26(23,24)22-20-5-3-2-4-17(20)7-6-16-12-14-21-15-13-16;/h3-5,10,13,15,17,22,29,31,33,35-36H,6-9,28H2,1-2H3;2-15,22H,1H3;1H/b;7-6+;/t10-,13-,15-,17-,22+,27-;;/m0../s1. The third-order valence-corrected chi connectivity index (χ3v) is 12.9. The second-order valence-electron chi connectivity index (χ2n) is 15.6. The zero-order valence-electron chi connectivity index (χ0n) is 35.8. The molecule has 8 rings (SSSR count). The molecule has 348 valence electrons. The van der Waals surface area contributed by atoms with Crippen molar-refractivity contribution < 1.29 is 67.3 Å². The van der Waals surface area contributed by atoms with Gasteiger partial charge in [-0.05, 0) is 66.6 Å². The molecule has 1 aliphatic heterocycles. The van der Waals surface area contributed by atoms with Crippen LogP contribution in [0.5, 0.6) is 23.0 Å². The minimum Gasteiger partial charge on any atom is -0.507 e. The van der Waals surface area contributed by atoms with Crippen LogP contribution in [-0.4, -0.2) is 107 Å². The number of nitrogens with zero attached hydrogens (tertiary/aromatic N) is 1. The maximum atomic E-state index is 13.6. The predicted octanol–water partition coefficient (Wildman–Crippen LogP) is 4.48. The summed E-state index contributed by atoms with van der Waals surface area (Å²) in [5, 5.41) is 53.7. The summed E-state index contributed by atoms with van der Waals surface area (Å²) >= 11 is 0. The number of carbonyl (C=O) groups excluding carboxylic acids is 3. The van der Waals surface area contributed by atoms with Gasteiger partial charge in [-0.2, -0.15) is 0 Å². The summed E-state index contributed by atoms with van der Waals surface area (Å²) in [5.41, 5.74) is 4.63. The number of hydrogen-bond acceptors (Lipinski definition) is 16. The van der Waals surface area contributed by atoms with E-state index in [1.165, 1.54) is 44.6 Å². The Kier molecular flexibility index (Phi) is 15.0.